The molecule has 0 amide bonds. The molecule has 2 aromatic rings. The quantitative estimate of drug-likeness (QED) is 0.750. The van der Waals surface area contributed by atoms with E-state index in [1.165, 1.54) is 13.2 Å². The molecule has 0 aliphatic carbocycles. The molecule has 76 valence electrons. The standard InChI is InChI=1S/C12H10O3/c1-14-10-7-11(15-12(13)8-10)9-5-3-2-4-6-9/h2-8H,1H3. The molecule has 0 saturated carbocycles. The number of rotatable bonds is 2. The van der Waals surface area contributed by atoms with Crippen LogP contribution in [0.2, 0.25) is 0 Å². The fourth-order valence-corrected chi connectivity index (χ4v) is 1.32. The van der Waals surface area contributed by atoms with Gasteiger partial charge in [-0.05, 0) is 0 Å². The Kier molecular flexibility index (Phi) is 2.54. The predicted molar refractivity (Wildman–Crippen MR) is 57.0 cm³/mol. The van der Waals surface area contributed by atoms with E-state index in [4.69, 9.17) is 9.15 Å². The molecule has 0 fully saturated rings. The maximum absolute atomic E-state index is 11.2. The molecule has 3 nitrogen and oxygen atoms in total. The molecule has 0 radical (unpaired) electrons. The van der Waals surface area contributed by atoms with Crippen LogP contribution in [0.15, 0.2) is 51.7 Å². The first-order valence-electron chi connectivity index (χ1n) is 4.54. The van der Waals surface area contributed by atoms with Gasteiger partial charge < -0.3 is 9.15 Å². The third-order valence-corrected chi connectivity index (χ3v) is 2.04. The SMILES string of the molecule is COc1cc(-c2ccccc2)oc(=O)c1. The van der Waals surface area contributed by atoms with E-state index >= 15 is 0 Å². The molecule has 1 aromatic carbocycles. The summed E-state index contributed by atoms with van der Waals surface area (Å²) in [5.74, 6) is 1.02. The van der Waals surface area contributed by atoms with Gasteiger partial charge in [-0.1, -0.05) is 30.3 Å². The maximum Gasteiger partial charge on any atom is 0.339 e. The summed E-state index contributed by atoms with van der Waals surface area (Å²) in [6.07, 6.45) is 0. The van der Waals surface area contributed by atoms with E-state index in [0.29, 0.717) is 11.5 Å². The lowest BCUT2D eigenvalue weighted by Gasteiger charge is -2.02. The zero-order valence-corrected chi connectivity index (χ0v) is 8.27. The molecule has 1 aromatic heterocycles. The molecule has 0 saturated heterocycles. The number of benzene rings is 1. The van der Waals surface area contributed by atoms with E-state index in [9.17, 15) is 4.79 Å². The van der Waals surface area contributed by atoms with Crippen LogP contribution >= 0.6 is 0 Å². The summed E-state index contributed by atoms with van der Waals surface area (Å²) in [7, 11) is 1.52. The van der Waals surface area contributed by atoms with Gasteiger partial charge in [-0.3, -0.25) is 0 Å². The first-order chi connectivity index (χ1) is 7.29. The zero-order chi connectivity index (χ0) is 10.7. The highest BCUT2D eigenvalue weighted by Crippen LogP contribution is 2.21. The molecule has 0 unspecified atom stereocenters. The fraction of sp³-hybridized carbons (Fsp3) is 0.0833. The van der Waals surface area contributed by atoms with E-state index in [2.05, 4.69) is 0 Å². The van der Waals surface area contributed by atoms with Crippen LogP contribution in [0.1, 0.15) is 0 Å². The van der Waals surface area contributed by atoms with Crippen LogP contribution < -0.4 is 10.4 Å². The van der Waals surface area contributed by atoms with Crippen molar-refractivity contribution in [2.45, 2.75) is 0 Å². The summed E-state index contributed by atoms with van der Waals surface area (Å²) in [5.41, 5.74) is 0.446. The molecule has 1 heterocycles. The highest BCUT2D eigenvalue weighted by atomic mass is 16.5. The van der Waals surface area contributed by atoms with Crippen molar-refractivity contribution in [2.75, 3.05) is 7.11 Å². The van der Waals surface area contributed by atoms with E-state index in [1.807, 2.05) is 30.3 Å². The largest absolute Gasteiger partial charge is 0.496 e. The smallest absolute Gasteiger partial charge is 0.339 e. The molecule has 3 heteroatoms. The fourth-order valence-electron chi connectivity index (χ4n) is 1.32. The maximum atomic E-state index is 11.2. The van der Waals surface area contributed by atoms with Crippen molar-refractivity contribution in [3.8, 4) is 17.1 Å². The number of methoxy groups -OCH3 is 1. The molecular formula is C12H10O3. The van der Waals surface area contributed by atoms with Crippen molar-refractivity contribution >= 4 is 0 Å². The van der Waals surface area contributed by atoms with Crippen molar-refractivity contribution in [1.29, 1.82) is 0 Å². The van der Waals surface area contributed by atoms with Crippen LogP contribution in [-0.4, -0.2) is 7.11 Å². The predicted octanol–water partition coefficient (Wildman–Crippen LogP) is 2.32. The molecule has 0 atom stereocenters. The number of hydrogen-bond donors (Lipinski definition) is 0. The van der Waals surface area contributed by atoms with Gasteiger partial charge in [0.15, 0.2) is 0 Å². The van der Waals surface area contributed by atoms with E-state index in [-0.39, 0.29) is 0 Å². The summed E-state index contributed by atoms with van der Waals surface area (Å²) in [6, 6.07) is 12.4. The summed E-state index contributed by atoms with van der Waals surface area (Å²) in [4.78, 5) is 11.2. The van der Waals surface area contributed by atoms with Gasteiger partial charge in [0.2, 0.25) is 0 Å². The second-order valence-electron chi connectivity index (χ2n) is 3.05. The Hall–Kier alpha value is -2.03. The van der Waals surface area contributed by atoms with E-state index < -0.39 is 5.63 Å². The minimum Gasteiger partial charge on any atom is -0.496 e. The molecule has 0 N–H and O–H groups in total. The lowest BCUT2D eigenvalue weighted by atomic mass is 10.1. The third-order valence-electron chi connectivity index (χ3n) is 2.04. The Morgan fingerprint density at radius 2 is 1.87 bits per heavy atom. The van der Waals surface area contributed by atoms with Gasteiger partial charge in [0.05, 0.1) is 13.2 Å². The zero-order valence-electron chi connectivity index (χ0n) is 8.27. The van der Waals surface area contributed by atoms with Crippen molar-refractivity contribution in [1.82, 2.24) is 0 Å². The van der Waals surface area contributed by atoms with Crippen LogP contribution in [-0.2, 0) is 0 Å². The second-order valence-corrected chi connectivity index (χ2v) is 3.05. The first-order valence-corrected chi connectivity index (χ1v) is 4.54. The van der Waals surface area contributed by atoms with Gasteiger partial charge in [-0.15, -0.1) is 0 Å². The summed E-state index contributed by atoms with van der Waals surface area (Å²) < 4.78 is 10.1. The van der Waals surface area contributed by atoms with Gasteiger partial charge in [0.25, 0.3) is 0 Å². The highest BCUT2D eigenvalue weighted by molar-refractivity contribution is 5.58. The van der Waals surface area contributed by atoms with Crippen molar-refractivity contribution in [3.05, 3.63) is 52.9 Å². The average molecular weight is 202 g/mol. The number of ether oxygens (including phenoxy) is 1. The molecular weight excluding hydrogens is 192 g/mol. The summed E-state index contributed by atoms with van der Waals surface area (Å²) in [6.45, 7) is 0. The Bertz CT molecular complexity index is 500. The first kappa shape index (κ1) is 9.52. The highest BCUT2D eigenvalue weighted by Gasteiger charge is 2.03. The Morgan fingerprint density at radius 3 is 2.53 bits per heavy atom. The molecule has 0 spiro atoms. The Morgan fingerprint density at radius 1 is 1.13 bits per heavy atom. The van der Waals surface area contributed by atoms with Crippen molar-refractivity contribution < 1.29 is 9.15 Å². The van der Waals surface area contributed by atoms with Crippen LogP contribution in [0.3, 0.4) is 0 Å². The minimum absolute atomic E-state index is 0.409. The molecule has 0 aliphatic heterocycles. The summed E-state index contributed by atoms with van der Waals surface area (Å²) >= 11 is 0. The van der Waals surface area contributed by atoms with E-state index in [1.54, 1.807) is 6.07 Å². The van der Waals surface area contributed by atoms with Crippen LogP contribution in [0, 0.1) is 0 Å². The third kappa shape index (κ3) is 2.07. The molecule has 0 aliphatic rings. The normalized spacial score (nSPS) is 9.93. The Balaban J connectivity index is 2.54. The lowest BCUT2D eigenvalue weighted by molar-refractivity contribution is 0.404. The minimum atomic E-state index is -0.409. The molecule has 15 heavy (non-hydrogen) atoms. The average Bonchev–Trinajstić information content (AvgIpc) is 2.29. The molecule has 0 bridgehead atoms. The monoisotopic (exact) mass is 202 g/mol. The van der Waals surface area contributed by atoms with Crippen LogP contribution in [0.4, 0.5) is 0 Å². The Labute approximate surface area is 86.9 Å². The van der Waals surface area contributed by atoms with E-state index in [0.717, 1.165) is 5.56 Å². The topological polar surface area (TPSA) is 39.4 Å². The van der Waals surface area contributed by atoms with Crippen LogP contribution in [0.25, 0.3) is 11.3 Å². The van der Waals surface area contributed by atoms with Crippen molar-refractivity contribution in [3.63, 3.8) is 0 Å². The summed E-state index contributed by atoms with van der Waals surface area (Å²) in [5, 5.41) is 0. The van der Waals surface area contributed by atoms with Gasteiger partial charge in [-0.2, -0.15) is 0 Å². The van der Waals surface area contributed by atoms with Gasteiger partial charge >= 0.3 is 5.63 Å². The number of hydrogen-bond acceptors (Lipinski definition) is 3. The van der Waals surface area contributed by atoms with Crippen molar-refractivity contribution in [2.24, 2.45) is 0 Å². The lowest BCUT2D eigenvalue weighted by Crippen LogP contribution is -1.98. The molecule has 2 rings (SSSR count). The van der Waals surface area contributed by atoms with Gasteiger partial charge in [0, 0.05) is 11.6 Å². The second kappa shape index (κ2) is 4.00. The van der Waals surface area contributed by atoms with Gasteiger partial charge in [0.1, 0.15) is 11.5 Å². The van der Waals surface area contributed by atoms with Crippen LogP contribution in [0.5, 0.6) is 5.75 Å². The van der Waals surface area contributed by atoms with Gasteiger partial charge in [-0.25, -0.2) is 4.79 Å².